The van der Waals surface area contributed by atoms with Gasteiger partial charge in [0.05, 0.1) is 6.17 Å². The molecule has 1 unspecified atom stereocenters. The van der Waals surface area contributed by atoms with E-state index >= 15 is 0 Å². The number of rotatable bonds is 4. The van der Waals surface area contributed by atoms with E-state index in [1.54, 1.807) is 12.1 Å². The van der Waals surface area contributed by atoms with Crippen LogP contribution in [-0.2, 0) is 0 Å². The molecule has 0 spiro atoms. The summed E-state index contributed by atoms with van der Waals surface area (Å²) >= 11 is 0. The number of benzene rings is 1. The Labute approximate surface area is 137 Å². The molecule has 3 rings (SSSR count). The van der Waals surface area contributed by atoms with Gasteiger partial charge >= 0.3 is 0 Å². The number of halogens is 1. The van der Waals surface area contributed by atoms with E-state index in [2.05, 4.69) is 20.9 Å². The third-order valence-corrected chi connectivity index (χ3v) is 3.81. The van der Waals surface area contributed by atoms with Gasteiger partial charge in [0.2, 0.25) is 0 Å². The number of hydrogen-bond donors (Lipinski definition) is 4. The van der Waals surface area contributed by atoms with E-state index in [4.69, 9.17) is 10.5 Å². The van der Waals surface area contributed by atoms with Crippen molar-refractivity contribution < 1.29 is 9.13 Å². The Balaban J connectivity index is 0.000000268. The molecule has 23 heavy (non-hydrogen) atoms. The Bertz CT molecular complexity index is 409. The van der Waals surface area contributed by atoms with E-state index in [9.17, 15) is 4.39 Å². The summed E-state index contributed by atoms with van der Waals surface area (Å²) in [5.41, 5.74) is 6.03. The topological polar surface area (TPSA) is 74.6 Å². The first-order chi connectivity index (χ1) is 11.3. The predicted octanol–water partition coefficient (Wildman–Crippen LogP) is -0.426. The summed E-state index contributed by atoms with van der Waals surface area (Å²) in [5, 5.41) is 9.71. The number of piperazine rings is 2. The van der Waals surface area contributed by atoms with Crippen LogP contribution in [0.15, 0.2) is 24.3 Å². The second-order valence-electron chi connectivity index (χ2n) is 5.62. The summed E-state index contributed by atoms with van der Waals surface area (Å²) in [6.07, 6.45) is -0.109. The quantitative estimate of drug-likeness (QED) is 0.602. The molecule has 0 saturated carbocycles. The Kier molecular flexibility index (Phi) is 8.27. The van der Waals surface area contributed by atoms with E-state index in [1.807, 2.05) is 0 Å². The summed E-state index contributed by atoms with van der Waals surface area (Å²) in [6.45, 7) is 8.78. The van der Waals surface area contributed by atoms with Crippen LogP contribution in [0.1, 0.15) is 0 Å². The molecule has 2 aliphatic rings. The van der Waals surface area contributed by atoms with E-state index < -0.39 is 0 Å². The maximum Gasteiger partial charge on any atom is 0.123 e. The molecule has 2 saturated heterocycles. The molecule has 6 nitrogen and oxygen atoms in total. The van der Waals surface area contributed by atoms with E-state index in [1.165, 1.54) is 12.1 Å². The number of nitrogens with one attached hydrogen (secondary N) is 3. The second-order valence-corrected chi connectivity index (χ2v) is 5.62. The van der Waals surface area contributed by atoms with Crippen molar-refractivity contribution in [3.8, 4) is 5.75 Å². The molecule has 5 N–H and O–H groups in total. The second kappa shape index (κ2) is 10.5. The molecule has 0 aromatic heterocycles. The molecule has 0 aliphatic carbocycles. The molecule has 0 amide bonds. The highest BCUT2D eigenvalue weighted by molar-refractivity contribution is 5.22. The molecule has 1 aromatic carbocycles. The lowest BCUT2D eigenvalue weighted by molar-refractivity contribution is 0.124. The molecule has 1 aromatic rings. The third-order valence-electron chi connectivity index (χ3n) is 3.81. The van der Waals surface area contributed by atoms with Gasteiger partial charge in [-0.1, -0.05) is 0 Å². The lowest BCUT2D eigenvalue weighted by Gasteiger charge is -2.32. The zero-order valence-electron chi connectivity index (χ0n) is 13.6. The van der Waals surface area contributed by atoms with Gasteiger partial charge in [-0.3, -0.25) is 4.90 Å². The van der Waals surface area contributed by atoms with Gasteiger partial charge in [0.15, 0.2) is 0 Å². The van der Waals surface area contributed by atoms with Crippen molar-refractivity contribution in [2.24, 2.45) is 5.73 Å². The number of ether oxygens (including phenoxy) is 1. The van der Waals surface area contributed by atoms with E-state index in [0.29, 0.717) is 12.4 Å². The fraction of sp³-hybridized carbons (Fsp3) is 0.625. The van der Waals surface area contributed by atoms with Crippen LogP contribution < -0.4 is 26.4 Å². The normalized spacial score (nSPS) is 20.3. The molecule has 0 radical (unpaired) electrons. The highest BCUT2D eigenvalue weighted by Crippen LogP contribution is 2.11. The Morgan fingerprint density at radius 1 is 0.957 bits per heavy atom. The van der Waals surface area contributed by atoms with Crippen molar-refractivity contribution in [1.29, 1.82) is 0 Å². The van der Waals surface area contributed by atoms with Crippen LogP contribution in [0, 0.1) is 5.82 Å². The summed E-state index contributed by atoms with van der Waals surface area (Å²) in [7, 11) is 0. The highest BCUT2D eigenvalue weighted by Gasteiger charge is 2.17. The molecule has 0 bridgehead atoms. The molecule has 1 atom stereocenters. The smallest absolute Gasteiger partial charge is 0.123 e. The zero-order chi connectivity index (χ0) is 16.3. The van der Waals surface area contributed by atoms with Crippen molar-refractivity contribution >= 4 is 0 Å². The molecular weight excluding hydrogens is 297 g/mol. The van der Waals surface area contributed by atoms with Crippen molar-refractivity contribution in [3.05, 3.63) is 30.1 Å². The summed E-state index contributed by atoms with van der Waals surface area (Å²) in [4.78, 5) is 2.18. The van der Waals surface area contributed by atoms with Gasteiger partial charge in [0, 0.05) is 52.4 Å². The number of hydrogen-bond acceptors (Lipinski definition) is 6. The van der Waals surface area contributed by atoms with Crippen LogP contribution >= 0.6 is 0 Å². The minimum atomic E-state index is -0.260. The molecule has 2 heterocycles. The molecule has 2 aliphatic heterocycles. The monoisotopic (exact) mass is 325 g/mol. The third kappa shape index (κ3) is 7.24. The van der Waals surface area contributed by atoms with Crippen molar-refractivity contribution in [3.63, 3.8) is 0 Å². The maximum atomic E-state index is 12.7. The standard InChI is InChI=1S/C12H18FN3O.C4H10N2/c13-10-1-3-11(4-2-10)17-9-12(14)16-7-5-15-6-8-16;1-2-6-4-3-5-1/h1-4,12,15H,5-9,14H2;5-6H,1-4H2. The Hall–Kier alpha value is -1.25. The van der Waals surface area contributed by atoms with E-state index in [-0.39, 0.29) is 12.0 Å². The number of nitrogens with zero attached hydrogens (tertiary/aromatic N) is 1. The lowest BCUT2D eigenvalue weighted by atomic mass is 10.3. The SMILES string of the molecule is C1CNCCN1.NC(COc1ccc(F)cc1)N1CCNCC1. The maximum absolute atomic E-state index is 12.7. The first-order valence-corrected chi connectivity index (χ1v) is 8.26. The summed E-state index contributed by atoms with van der Waals surface area (Å²) in [5.74, 6) is 0.390. The van der Waals surface area contributed by atoms with Gasteiger partial charge in [0.1, 0.15) is 18.2 Å². The van der Waals surface area contributed by atoms with Crippen LogP contribution in [0.25, 0.3) is 0 Å². The largest absolute Gasteiger partial charge is 0.491 e. The molecule has 2 fully saturated rings. The fourth-order valence-corrected chi connectivity index (χ4v) is 2.44. The van der Waals surface area contributed by atoms with Crippen LogP contribution in [0.4, 0.5) is 4.39 Å². The van der Waals surface area contributed by atoms with Crippen LogP contribution in [0.5, 0.6) is 5.75 Å². The van der Waals surface area contributed by atoms with Gasteiger partial charge in [-0.15, -0.1) is 0 Å². The van der Waals surface area contributed by atoms with Gasteiger partial charge in [-0.05, 0) is 24.3 Å². The first kappa shape index (κ1) is 18.1. The minimum Gasteiger partial charge on any atom is -0.491 e. The average molecular weight is 325 g/mol. The Morgan fingerprint density at radius 3 is 2.00 bits per heavy atom. The molecular formula is C16H28FN5O. The Morgan fingerprint density at radius 2 is 1.48 bits per heavy atom. The number of nitrogens with two attached hydrogens (primary N) is 1. The van der Waals surface area contributed by atoms with Crippen molar-refractivity contribution in [2.75, 3.05) is 59.0 Å². The van der Waals surface area contributed by atoms with Gasteiger partial charge in [0.25, 0.3) is 0 Å². The van der Waals surface area contributed by atoms with Crippen LogP contribution in [0.2, 0.25) is 0 Å². The zero-order valence-corrected chi connectivity index (χ0v) is 13.6. The lowest BCUT2D eigenvalue weighted by Crippen LogP contribution is -2.54. The van der Waals surface area contributed by atoms with Crippen molar-refractivity contribution in [2.45, 2.75) is 6.17 Å². The fourth-order valence-electron chi connectivity index (χ4n) is 2.44. The highest BCUT2D eigenvalue weighted by atomic mass is 19.1. The van der Waals surface area contributed by atoms with Crippen molar-refractivity contribution in [1.82, 2.24) is 20.9 Å². The van der Waals surface area contributed by atoms with Gasteiger partial charge < -0.3 is 26.4 Å². The van der Waals surface area contributed by atoms with Crippen LogP contribution in [0.3, 0.4) is 0 Å². The minimum absolute atomic E-state index is 0.109. The van der Waals surface area contributed by atoms with Gasteiger partial charge in [-0.2, -0.15) is 0 Å². The van der Waals surface area contributed by atoms with Gasteiger partial charge in [-0.25, -0.2) is 4.39 Å². The average Bonchev–Trinajstić information content (AvgIpc) is 2.64. The molecule has 130 valence electrons. The van der Waals surface area contributed by atoms with E-state index in [0.717, 1.165) is 52.4 Å². The first-order valence-electron chi connectivity index (χ1n) is 8.26. The summed E-state index contributed by atoms with van der Waals surface area (Å²) < 4.78 is 18.2. The molecule has 7 heteroatoms. The summed E-state index contributed by atoms with van der Waals surface area (Å²) in [6, 6.07) is 5.98. The van der Waals surface area contributed by atoms with Crippen LogP contribution in [-0.4, -0.2) is 70.0 Å². The predicted molar refractivity (Wildman–Crippen MR) is 90.1 cm³/mol.